The quantitative estimate of drug-likeness (QED) is 0.375. The first kappa shape index (κ1) is 18.5. The minimum atomic E-state index is -0.322. The highest BCUT2D eigenvalue weighted by Gasteiger charge is 2.10. The minimum Gasteiger partial charge on any atom is -0.462 e. The second kappa shape index (κ2) is 8.04. The number of para-hydroxylation sites is 1. The highest BCUT2D eigenvalue weighted by molar-refractivity contribution is 5.89. The maximum Gasteiger partial charge on any atom is 0.338 e. The van der Waals surface area contributed by atoms with Crippen LogP contribution in [0.5, 0.6) is 0 Å². The van der Waals surface area contributed by atoms with Gasteiger partial charge in [-0.25, -0.2) is 9.78 Å². The van der Waals surface area contributed by atoms with Crippen LogP contribution in [0, 0.1) is 18.8 Å². The Morgan fingerprint density at radius 2 is 1.79 bits per heavy atom. The molecule has 142 valence electrons. The average molecular weight is 380 g/mol. The number of nitrogens with zero attached hydrogens (tertiary/aromatic N) is 2. The molecule has 0 unspecified atom stereocenters. The lowest BCUT2D eigenvalue weighted by atomic mass is 10.1. The molecule has 4 nitrogen and oxygen atoms in total. The molecule has 0 aliphatic heterocycles. The van der Waals surface area contributed by atoms with Crippen LogP contribution in [0.3, 0.4) is 0 Å². The molecule has 0 fully saturated rings. The second-order valence-electron chi connectivity index (χ2n) is 6.61. The highest BCUT2D eigenvalue weighted by Crippen LogP contribution is 2.23. The molecule has 4 aromatic rings. The Hall–Kier alpha value is -3.84. The Morgan fingerprint density at radius 3 is 2.55 bits per heavy atom. The summed E-state index contributed by atoms with van der Waals surface area (Å²) in [6, 6.07) is 23.3. The summed E-state index contributed by atoms with van der Waals surface area (Å²) in [6.07, 6.45) is 0. The van der Waals surface area contributed by atoms with Crippen molar-refractivity contribution in [2.45, 2.75) is 13.8 Å². The van der Waals surface area contributed by atoms with Gasteiger partial charge in [0.15, 0.2) is 0 Å². The number of aryl methyl sites for hydroxylation is 1. The maximum atomic E-state index is 11.8. The topological polar surface area (TPSA) is 44.1 Å². The van der Waals surface area contributed by atoms with E-state index in [2.05, 4.69) is 39.6 Å². The summed E-state index contributed by atoms with van der Waals surface area (Å²) in [4.78, 5) is 16.5. The number of hydrogen-bond acceptors (Lipinski definition) is 3. The zero-order chi connectivity index (χ0) is 20.2. The van der Waals surface area contributed by atoms with Gasteiger partial charge in [0.2, 0.25) is 0 Å². The number of hydrogen-bond donors (Lipinski definition) is 0. The molecule has 2 heterocycles. The van der Waals surface area contributed by atoms with Crippen molar-refractivity contribution < 1.29 is 9.53 Å². The fourth-order valence-corrected chi connectivity index (χ4v) is 3.19. The third kappa shape index (κ3) is 3.90. The van der Waals surface area contributed by atoms with Crippen molar-refractivity contribution in [2.75, 3.05) is 6.61 Å². The van der Waals surface area contributed by atoms with Gasteiger partial charge < -0.3 is 4.74 Å². The summed E-state index contributed by atoms with van der Waals surface area (Å²) in [6.45, 7) is 4.13. The van der Waals surface area contributed by atoms with Crippen LogP contribution in [0.4, 0.5) is 0 Å². The summed E-state index contributed by atoms with van der Waals surface area (Å²) in [5.74, 6) is 6.98. The van der Waals surface area contributed by atoms with Crippen LogP contribution in [0.2, 0.25) is 0 Å². The Kier molecular flexibility index (Phi) is 5.13. The lowest BCUT2D eigenvalue weighted by Crippen LogP contribution is -2.04. The number of fused-ring (bicyclic) bond motifs is 1. The van der Waals surface area contributed by atoms with Crippen LogP contribution in [0.15, 0.2) is 72.8 Å². The molecular weight excluding hydrogens is 360 g/mol. The highest BCUT2D eigenvalue weighted by atomic mass is 16.5. The predicted octanol–water partition coefficient (Wildman–Crippen LogP) is 4.91. The molecule has 0 N–H and O–H groups in total. The number of pyridine rings is 1. The van der Waals surface area contributed by atoms with Crippen molar-refractivity contribution in [3.05, 3.63) is 95.3 Å². The molecule has 4 heteroatoms. The van der Waals surface area contributed by atoms with E-state index in [4.69, 9.17) is 4.74 Å². The Bertz CT molecular complexity index is 1240. The van der Waals surface area contributed by atoms with Crippen molar-refractivity contribution in [3.8, 4) is 17.7 Å². The molecule has 0 amide bonds. The third-order valence-corrected chi connectivity index (χ3v) is 4.54. The van der Waals surface area contributed by atoms with Gasteiger partial charge in [0, 0.05) is 16.6 Å². The predicted molar refractivity (Wildman–Crippen MR) is 114 cm³/mol. The number of carbonyl (C=O) groups is 1. The summed E-state index contributed by atoms with van der Waals surface area (Å²) in [5, 5.41) is 1.11. The maximum absolute atomic E-state index is 11.8. The lowest BCUT2D eigenvalue weighted by molar-refractivity contribution is 0.0526. The van der Waals surface area contributed by atoms with Gasteiger partial charge in [-0.1, -0.05) is 30.2 Å². The Balaban J connectivity index is 1.74. The van der Waals surface area contributed by atoms with E-state index in [1.807, 2.05) is 49.4 Å². The van der Waals surface area contributed by atoms with E-state index in [9.17, 15) is 4.79 Å². The first-order valence-corrected chi connectivity index (χ1v) is 9.49. The van der Waals surface area contributed by atoms with Gasteiger partial charge in [0.25, 0.3) is 0 Å². The fraction of sp³-hybridized carbons (Fsp3) is 0.120. The summed E-state index contributed by atoms with van der Waals surface area (Å²) in [5.41, 5.74) is 4.22. The third-order valence-electron chi connectivity index (χ3n) is 4.54. The zero-order valence-corrected chi connectivity index (χ0v) is 16.3. The molecule has 2 aromatic heterocycles. The van der Waals surface area contributed by atoms with Crippen LogP contribution >= 0.6 is 0 Å². The lowest BCUT2D eigenvalue weighted by Gasteiger charge is -2.07. The molecule has 0 bridgehead atoms. The van der Waals surface area contributed by atoms with E-state index in [0.29, 0.717) is 12.2 Å². The molecule has 0 atom stereocenters. The molecule has 0 saturated carbocycles. The van der Waals surface area contributed by atoms with Gasteiger partial charge in [-0.15, -0.1) is 0 Å². The first-order valence-electron chi connectivity index (χ1n) is 9.49. The summed E-state index contributed by atoms with van der Waals surface area (Å²) in [7, 11) is 0. The normalized spacial score (nSPS) is 10.4. The summed E-state index contributed by atoms with van der Waals surface area (Å²) < 4.78 is 7.09. The molecular formula is C25H20N2O2. The Morgan fingerprint density at radius 1 is 1.00 bits per heavy atom. The van der Waals surface area contributed by atoms with E-state index >= 15 is 0 Å². The number of aromatic nitrogens is 2. The van der Waals surface area contributed by atoms with Crippen molar-refractivity contribution >= 4 is 16.9 Å². The molecule has 2 aromatic carbocycles. The van der Waals surface area contributed by atoms with E-state index in [1.54, 1.807) is 19.1 Å². The van der Waals surface area contributed by atoms with Crippen molar-refractivity contribution in [3.63, 3.8) is 0 Å². The first-order chi connectivity index (χ1) is 14.2. The van der Waals surface area contributed by atoms with Crippen molar-refractivity contribution in [2.24, 2.45) is 0 Å². The van der Waals surface area contributed by atoms with E-state index in [-0.39, 0.29) is 5.97 Å². The molecule has 0 saturated heterocycles. The number of benzene rings is 2. The molecule has 29 heavy (non-hydrogen) atoms. The fourth-order valence-electron chi connectivity index (χ4n) is 3.19. The van der Waals surface area contributed by atoms with Crippen LogP contribution in [-0.2, 0) is 4.74 Å². The smallest absolute Gasteiger partial charge is 0.338 e. The number of ether oxygens (including phenoxy) is 1. The van der Waals surface area contributed by atoms with Crippen LogP contribution in [0.25, 0.3) is 16.7 Å². The molecule has 0 aliphatic carbocycles. The van der Waals surface area contributed by atoms with Crippen LogP contribution < -0.4 is 0 Å². The van der Waals surface area contributed by atoms with E-state index < -0.39 is 0 Å². The number of esters is 1. The second-order valence-corrected chi connectivity index (χ2v) is 6.61. The number of carbonyl (C=O) groups excluding carboxylic acids is 1. The average Bonchev–Trinajstić information content (AvgIpc) is 3.11. The minimum absolute atomic E-state index is 0.322. The SMILES string of the molecule is CCOC(=O)c1ccc(C#Cc2cc3ccccc3n2-c2cccc(C)n2)cc1. The van der Waals surface area contributed by atoms with Gasteiger partial charge >= 0.3 is 5.97 Å². The zero-order valence-electron chi connectivity index (χ0n) is 16.3. The Labute approximate surface area is 169 Å². The number of rotatable bonds is 3. The molecule has 0 radical (unpaired) electrons. The van der Waals surface area contributed by atoms with E-state index in [1.165, 1.54) is 0 Å². The molecule has 4 rings (SSSR count). The summed E-state index contributed by atoms with van der Waals surface area (Å²) >= 11 is 0. The van der Waals surface area contributed by atoms with Gasteiger partial charge in [-0.3, -0.25) is 4.57 Å². The largest absolute Gasteiger partial charge is 0.462 e. The van der Waals surface area contributed by atoms with Crippen molar-refractivity contribution in [1.29, 1.82) is 0 Å². The molecule has 0 aliphatic rings. The standard InChI is InChI=1S/C25H20N2O2/c1-3-29-25(28)20-14-11-19(12-15-20)13-16-22-17-21-8-4-5-9-23(21)27(22)24-10-6-7-18(2)26-24/h4-12,14-15,17H,3H2,1-2H3. The van der Waals surface area contributed by atoms with Gasteiger partial charge in [0.1, 0.15) is 5.82 Å². The molecule has 0 spiro atoms. The van der Waals surface area contributed by atoms with E-state index in [0.717, 1.165) is 33.7 Å². The van der Waals surface area contributed by atoms with Gasteiger partial charge in [0.05, 0.1) is 23.4 Å². The van der Waals surface area contributed by atoms with Gasteiger partial charge in [-0.05, 0) is 68.3 Å². The monoisotopic (exact) mass is 380 g/mol. The van der Waals surface area contributed by atoms with Crippen LogP contribution in [-0.4, -0.2) is 22.1 Å². The van der Waals surface area contributed by atoms with Gasteiger partial charge in [-0.2, -0.15) is 0 Å². The van der Waals surface area contributed by atoms with Crippen molar-refractivity contribution in [1.82, 2.24) is 9.55 Å². The van der Waals surface area contributed by atoms with Crippen LogP contribution in [0.1, 0.15) is 34.2 Å².